The lowest BCUT2D eigenvalue weighted by molar-refractivity contribution is 0.0890. The SMILES string of the molecule is CCC1(CC)NC(=O)c2c(C(C)(C)C)noc2N1. The van der Waals surface area contributed by atoms with Crippen LogP contribution in [0.25, 0.3) is 0 Å². The van der Waals surface area contributed by atoms with E-state index in [0.29, 0.717) is 17.1 Å². The molecule has 0 aromatic carbocycles. The second-order valence-corrected chi connectivity index (χ2v) is 5.85. The lowest BCUT2D eigenvalue weighted by Crippen LogP contribution is -2.56. The highest BCUT2D eigenvalue weighted by atomic mass is 16.5. The first-order valence-corrected chi connectivity index (χ1v) is 6.44. The zero-order chi connectivity index (χ0) is 13.6. The first-order valence-electron chi connectivity index (χ1n) is 6.44. The van der Waals surface area contributed by atoms with Gasteiger partial charge in [-0.2, -0.15) is 0 Å². The molecule has 0 bridgehead atoms. The minimum atomic E-state index is -0.418. The Bertz CT molecular complexity index is 467. The minimum absolute atomic E-state index is 0.0985. The van der Waals surface area contributed by atoms with Crippen molar-refractivity contribution in [3.63, 3.8) is 0 Å². The molecule has 1 amide bonds. The maximum atomic E-state index is 12.3. The normalized spacial score (nSPS) is 17.9. The average Bonchev–Trinajstić information content (AvgIpc) is 2.72. The van der Waals surface area contributed by atoms with Crippen LogP contribution in [0.1, 0.15) is 63.5 Å². The fourth-order valence-electron chi connectivity index (χ4n) is 2.23. The van der Waals surface area contributed by atoms with Crippen molar-refractivity contribution in [2.45, 2.75) is 58.5 Å². The van der Waals surface area contributed by atoms with E-state index in [2.05, 4.69) is 15.8 Å². The number of fused-ring (bicyclic) bond motifs is 1. The quantitative estimate of drug-likeness (QED) is 0.848. The number of anilines is 1. The molecule has 1 aliphatic heterocycles. The predicted molar refractivity (Wildman–Crippen MR) is 69.6 cm³/mol. The number of carbonyl (C=O) groups is 1. The zero-order valence-electron chi connectivity index (χ0n) is 11.7. The molecule has 0 saturated heterocycles. The summed E-state index contributed by atoms with van der Waals surface area (Å²) in [4.78, 5) is 12.3. The number of hydrogen-bond donors (Lipinski definition) is 2. The number of carbonyl (C=O) groups excluding carboxylic acids is 1. The van der Waals surface area contributed by atoms with Gasteiger partial charge in [0.05, 0.1) is 0 Å². The van der Waals surface area contributed by atoms with Crippen molar-refractivity contribution in [1.29, 1.82) is 0 Å². The molecule has 1 aromatic heterocycles. The summed E-state index contributed by atoms with van der Waals surface area (Å²) in [7, 11) is 0. The minimum Gasteiger partial charge on any atom is -0.338 e. The maximum absolute atomic E-state index is 12.3. The smallest absolute Gasteiger partial charge is 0.260 e. The summed E-state index contributed by atoms with van der Waals surface area (Å²) in [6, 6.07) is 0. The summed E-state index contributed by atoms with van der Waals surface area (Å²) in [6.07, 6.45) is 1.58. The van der Waals surface area contributed by atoms with Crippen LogP contribution in [0.3, 0.4) is 0 Å². The van der Waals surface area contributed by atoms with E-state index in [1.807, 2.05) is 34.6 Å². The monoisotopic (exact) mass is 251 g/mol. The summed E-state index contributed by atoms with van der Waals surface area (Å²) in [5.74, 6) is 0.394. The van der Waals surface area contributed by atoms with Crippen LogP contribution in [-0.4, -0.2) is 16.7 Å². The van der Waals surface area contributed by atoms with Crippen LogP contribution in [0.4, 0.5) is 5.88 Å². The second-order valence-electron chi connectivity index (χ2n) is 5.85. The molecule has 5 nitrogen and oxygen atoms in total. The first kappa shape index (κ1) is 12.9. The fraction of sp³-hybridized carbons (Fsp3) is 0.692. The van der Waals surface area contributed by atoms with Crippen molar-refractivity contribution in [3.8, 4) is 0 Å². The number of nitrogens with zero attached hydrogens (tertiary/aromatic N) is 1. The molecule has 0 radical (unpaired) electrons. The van der Waals surface area contributed by atoms with Gasteiger partial charge >= 0.3 is 0 Å². The Kier molecular flexibility index (Phi) is 2.87. The van der Waals surface area contributed by atoms with Gasteiger partial charge < -0.3 is 15.2 Å². The standard InChI is InChI=1S/C13H21N3O2/c1-6-13(7-2)14-10(17)8-9(12(3,4)5)16-18-11(8)15-13/h15H,6-7H2,1-5H3,(H,14,17). The van der Waals surface area contributed by atoms with Crippen molar-refractivity contribution >= 4 is 11.8 Å². The average molecular weight is 251 g/mol. The third kappa shape index (κ3) is 1.87. The molecule has 18 heavy (non-hydrogen) atoms. The Morgan fingerprint density at radius 1 is 1.22 bits per heavy atom. The summed E-state index contributed by atoms with van der Waals surface area (Å²) < 4.78 is 5.32. The lowest BCUT2D eigenvalue weighted by atomic mass is 9.87. The van der Waals surface area contributed by atoms with E-state index >= 15 is 0 Å². The van der Waals surface area contributed by atoms with Crippen molar-refractivity contribution in [2.24, 2.45) is 0 Å². The van der Waals surface area contributed by atoms with Crippen LogP contribution in [0.15, 0.2) is 4.52 Å². The highest BCUT2D eigenvalue weighted by Crippen LogP contribution is 2.35. The number of rotatable bonds is 2. The summed E-state index contributed by atoms with van der Waals surface area (Å²) in [5, 5.41) is 10.4. The second kappa shape index (κ2) is 4.00. The summed E-state index contributed by atoms with van der Waals surface area (Å²) in [6.45, 7) is 10.1. The zero-order valence-corrected chi connectivity index (χ0v) is 11.7. The van der Waals surface area contributed by atoms with Crippen molar-refractivity contribution in [3.05, 3.63) is 11.3 Å². The van der Waals surface area contributed by atoms with Gasteiger partial charge in [0.2, 0.25) is 5.88 Å². The Hall–Kier alpha value is -1.52. The summed E-state index contributed by atoms with van der Waals surface area (Å²) >= 11 is 0. The van der Waals surface area contributed by atoms with Gasteiger partial charge in [0, 0.05) is 5.41 Å². The molecule has 2 rings (SSSR count). The van der Waals surface area contributed by atoms with E-state index in [0.717, 1.165) is 12.8 Å². The molecular formula is C13H21N3O2. The molecule has 0 saturated carbocycles. The number of nitrogens with one attached hydrogen (secondary N) is 2. The Labute approximate surface area is 107 Å². The van der Waals surface area contributed by atoms with Gasteiger partial charge in [-0.3, -0.25) is 4.79 Å². The van der Waals surface area contributed by atoms with Crippen LogP contribution < -0.4 is 10.6 Å². The number of amides is 1. The number of aromatic nitrogens is 1. The van der Waals surface area contributed by atoms with Crippen LogP contribution >= 0.6 is 0 Å². The molecule has 2 heterocycles. The van der Waals surface area contributed by atoms with Gasteiger partial charge in [-0.25, -0.2) is 0 Å². The lowest BCUT2D eigenvalue weighted by Gasteiger charge is -2.37. The predicted octanol–water partition coefficient (Wildman–Crippen LogP) is 2.64. The fourth-order valence-corrected chi connectivity index (χ4v) is 2.23. The van der Waals surface area contributed by atoms with Gasteiger partial charge in [0.15, 0.2) is 0 Å². The van der Waals surface area contributed by atoms with Gasteiger partial charge in [-0.15, -0.1) is 0 Å². The Morgan fingerprint density at radius 2 is 1.83 bits per heavy atom. The summed E-state index contributed by atoms with van der Waals surface area (Å²) in [5.41, 5.74) is 0.608. The highest BCUT2D eigenvalue weighted by molar-refractivity contribution is 6.02. The third-order valence-electron chi connectivity index (χ3n) is 3.54. The molecular weight excluding hydrogens is 230 g/mol. The van der Waals surface area contributed by atoms with Gasteiger partial charge in [0.25, 0.3) is 5.91 Å². The molecule has 0 atom stereocenters. The van der Waals surface area contributed by atoms with E-state index in [-0.39, 0.29) is 11.3 Å². The van der Waals surface area contributed by atoms with E-state index < -0.39 is 5.66 Å². The van der Waals surface area contributed by atoms with Crippen molar-refractivity contribution in [2.75, 3.05) is 5.32 Å². The third-order valence-corrected chi connectivity index (χ3v) is 3.54. The van der Waals surface area contributed by atoms with E-state index in [9.17, 15) is 4.79 Å². The first-order chi connectivity index (χ1) is 8.33. The molecule has 2 N–H and O–H groups in total. The molecule has 100 valence electrons. The van der Waals surface area contributed by atoms with Crippen LogP contribution in [0.2, 0.25) is 0 Å². The van der Waals surface area contributed by atoms with E-state index in [1.165, 1.54) is 0 Å². The molecule has 0 fully saturated rings. The molecule has 5 heteroatoms. The van der Waals surface area contributed by atoms with Crippen LogP contribution in [0, 0.1) is 0 Å². The molecule has 1 aliphatic rings. The van der Waals surface area contributed by atoms with Gasteiger partial charge in [-0.05, 0) is 12.8 Å². The highest BCUT2D eigenvalue weighted by Gasteiger charge is 2.41. The van der Waals surface area contributed by atoms with Gasteiger partial charge in [0.1, 0.15) is 16.9 Å². The van der Waals surface area contributed by atoms with Crippen LogP contribution in [0.5, 0.6) is 0 Å². The molecule has 0 spiro atoms. The van der Waals surface area contributed by atoms with Crippen molar-refractivity contribution in [1.82, 2.24) is 10.5 Å². The largest absolute Gasteiger partial charge is 0.338 e. The van der Waals surface area contributed by atoms with Crippen molar-refractivity contribution < 1.29 is 9.32 Å². The Balaban J connectivity index is 2.47. The molecule has 0 aliphatic carbocycles. The van der Waals surface area contributed by atoms with Gasteiger partial charge in [-0.1, -0.05) is 39.8 Å². The number of hydrogen-bond acceptors (Lipinski definition) is 4. The van der Waals surface area contributed by atoms with E-state index in [4.69, 9.17) is 4.52 Å². The van der Waals surface area contributed by atoms with Crippen LogP contribution in [-0.2, 0) is 5.41 Å². The topological polar surface area (TPSA) is 67.2 Å². The maximum Gasteiger partial charge on any atom is 0.260 e. The molecule has 0 unspecified atom stereocenters. The Morgan fingerprint density at radius 3 is 2.33 bits per heavy atom. The van der Waals surface area contributed by atoms with E-state index in [1.54, 1.807) is 0 Å². The molecule has 1 aromatic rings.